The van der Waals surface area contributed by atoms with Crippen LogP contribution in [0.3, 0.4) is 0 Å². The number of carbonyl (C=O) groups is 2. The number of esters is 1. The molecule has 0 bridgehead atoms. The summed E-state index contributed by atoms with van der Waals surface area (Å²) >= 11 is 1.39. The van der Waals surface area contributed by atoms with E-state index >= 15 is 0 Å². The van der Waals surface area contributed by atoms with E-state index in [4.69, 9.17) is 10.1 Å². The van der Waals surface area contributed by atoms with Crippen LogP contribution in [0.4, 0.5) is 0 Å². The molecule has 1 unspecified atom stereocenters. The quantitative estimate of drug-likeness (QED) is 0.194. The summed E-state index contributed by atoms with van der Waals surface area (Å²) in [4.78, 5) is 27.6. The molecule has 31 heavy (non-hydrogen) atoms. The van der Waals surface area contributed by atoms with E-state index in [0.29, 0.717) is 29.6 Å². The smallest absolute Gasteiger partial charge is 0.306 e. The van der Waals surface area contributed by atoms with E-state index in [1.54, 1.807) is 0 Å². The van der Waals surface area contributed by atoms with E-state index < -0.39 is 5.60 Å². The molecule has 1 amide bonds. The van der Waals surface area contributed by atoms with Crippen molar-refractivity contribution in [2.24, 2.45) is 5.92 Å². The number of nitrogens with one attached hydrogen (secondary N) is 3. The molecule has 2 rings (SSSR count). The maximum atomic E-state index is 12.5. The van der Waals surface area contributed by atoms with E-state index in [1.165, 1.54) is 11.8 Å². The Hall–Kier alpha value is -2.28. The maximum Gasteiger partial charge on any atom is 0.306 e. The first kappa shape index (κ1) is 25.0. The van der Waals surface area contributed by atoms with Crippen LogP contribution in [0.1, 0.15) is 75.9 Å². The second-order valence-electron chi connectivity index (χ2n) is 8.83. The van der Waals surface area contributed by atoms with Crippen molar-refractivity contribution in [1.82, 2.24) is 10.3 Å². The first-order chi connectivity index (χ1) is 14.6. The standard InChI is InChI=1S/C24H35N3O3S/c1-6-16(13-21(28)30-24(2,3)4)9-7-8-12-26-23(29)20-15-18-14-17(22(25)31-5)10-11-19(18)27-20/h10-11,14-16,25,27H,6-9,12-13H2,1-5H3,(H,26,29). The molecule has 6 nitrogen and oxygen atoms in total. The predicted octanol–water partition coefficient (Wildman–Crippen LogP) is 5.51. The van der Waals surface area contributed by atoms with Gasteiger partial charge in [-0.3, -0.25) is 15.0 Å². The molecule has 1 atom stereocenters. The molecule has 1 heterocycles. The number of ether oxygens (including phenoxy) is 1. The number of fused-ring (bicyclic) bond motifs is 1. The van der Waals surface area contributed by atoms with Gasteiger partial charge in [-0.1, -0.05) is 25.8 Å². The monoisotopic (exact) mass is 445 g/mol. The first-order valence-electron chi connectivity index (χ1n) is 10.9. The van der Waals surface area contributed by atoms with Crippen molar-refractivity contribution in [3.05, 3.63) is 35.5 Å². The van der Waals surface area contributed by atoms with Crippen molar-refractivity contribution >= 4 is 39.6 Å². The first-order valence-corrected chi connectivity index (χ1v) is 12.1. The Labute approximate surface area is 189 Å². The lowest BCUT2D eigenvalue weighted by Crippen LogP contribution is -2.25. The Kier molecular flexibility index (Phi) is 9.16. The van der Waals surface area contributed by atoms with Crippen molar-refractivity contribution in [3.8, 4) is 0 Å². The van der Waals surface area contributed by atoms with Crippen LogP contribution in [-0.4, -0.2) is 40.3 Å². The van der Waals surface area contributed by atoms with E-state index in [-0.39, 0.29) is 11.9 Å². The zero-order valence-electron chi connectivity index (χ0n) is 19.3. The van der Waals surface area contributed by atoms with Crippen LogP contribution in [0.15, 0.2) is 24.3 Å². The zero-order valence-corrected chi connectivity index (χ0v) is 20.1. The van der Waals surface area contributed by atoms with Gasteiger partial charge in [0, 0.05) is 29.4 Å². The number of hydrogen-bond acceptors (Lipinski definition) is 5. The molecular formula is C24H35N3O3S. The van der Waals surface area contributed by atoms with Crippen molar-refractivity contribution in [1.29, 1.82) is 5.41 Å². The molecule has 0 spiro atoms. The van der Waals surface area contributed by atoms with Gasteiger partial charge in [0.05, 0.1) is 5.04 Å². The fourth-order valence-electron chi connectivity index (χ4n) is 3.44. The molecule has 170 valence electrons. The summed E-state index contributed by atoms with van der Waals surface area (Å²) in [5, 5.41) is 12.3. The van der Waals surface area contributed by atoms with Gasteiger partial charge in [0.1, 0.15) is 11.3 Å². The van der Waals surface area contributed by atoms with Gasteiger partial charge in [0.25, 0.3) is 5.91 Å². The third-order valence-corrected chi connectivity index (χ3v) is 5.75. The molecule has 0 fully saturated rings. The number of H-pyrrole nitrogens is 1. The third-order valence-electron chi connectivity index (χ3n) is 5.11. The Morgan fingerprint density at radius 1 is 1.23 bits per heavy atom. The molecule has 7 heteroatoms. The molecule has 0 aliphatic rings. The number of unbranched alkanes of at least 4 members (excludes halogenated alkanes) is 1. The van der Waals surface area contributed by atoms with Crippen LogP contribution in [0.2, 0.25) is 0 Å². The normalized spacial score (nSPS) is 12.5. The van der Waals surface area contributed by atoms with Crippen molar-refractivity contribution in [3.63, 3.8) is 0 Å². The Morgan fingerprint density at radius 2 is 1.97 bits per heavy atom. The van der Waals surface area contributed by atoms with Crippen LogP contribution in [-0.2, 0) is 9.53 Å². The van der Waals surface area contributed by atoms with E-state index in [1.807, 2.05) is 51.3 Å². The summed E-state index contributed by atoms with van der Waals surface area (Å²) in [6.07, 6.45) is 6.03. The molecule has 1 aromatic carbocycles. The Morgan fingerprint density at radius 3 is 2.61 bits per heavy atom. The maximum absolute atomic E-state index is 12.5. The van der Waals surface area contributed by atoms with Crippen LogP contribution >= 0.6 is 11.8 Å². The number of amides is 1. The number of carbonyl (C=O) groups excluding carboxylic acids is 2. The van der Waals surface area contributed by atoms with Crippen molar-refractivity contribution in [2.45, 2.75) is 65.4 Å². The number of hydrogen-bond donors (Lipinski definition) is 3. The highest BCUT2D eigenvalue weighted by Crippen LogP contribution is 2.21. The van der Waals surface area contributed by atoms with Gasteiger partial charge in [0.2, 0.25) is 0 Å². The zero-order chi connectivity index (χ0) is 23.0. The van der Waals surface area contributed by atoms with Gasteiger partial charge < -0.3 is 15.0 Å². The number of rotatable bonds is 10. The molecule has 0 radical (unpaired) electrons. The summed E-state index contributed by atoms with van der Waals surface area (Å²) < 4.78 is 5.42. The molecule has 0 saturated heterocycles. The van der Waals surface area contributed by atoms with Gasteiger partial charge >= 0.3 is 5.97 Å². The number of thioether (sulfide) groups is 1. The lowest BCUT2D eigenvalue weighted by molar-refractivity contribution is -0.156. The van der Waals surface area contributed by atoms with Gasteiger partial charge in [-0.05, 0) is 64.0 Å². The lowest BCUT2D eigenvalue weighted by Gasteiger charge is -2.21. The van der Waals surface area contributed by atoms with E-state index in [9.17, 15) is 9.59 Å². The Balaban J connectivity index is 1.77. The third kappa shape index (κ3) is 8.05. The summed E-state index contributed by atoms with van der Waals surface area (Å²) in [6, 6.07) is 7.55. The highest BCUT2D eigenvalue weighted by molar-refractivity contribution is 8.13. The fourth-order valence-corrected chi connectivity index (χ4v) is 3.80. The summed E-state index contributed by atoms with van der Waals surface area (Å²) in [6.45, 7) is 8.35. The SMILES string of the molecule is CCC(CCCCNC(=O)c1cc2cc(C(=N)SC)ccc2[nH]1)CC(=O)OC(C)(C)C. The summed E-state index contributed by atoms with van der Waals surface area (Å²) in [7, 11) is 0. The second kappa shape index (κ2) is 11.4. The van der Waals surface area contributed by atoms with Gasteiger partial charge in [0.15, 0.2) is 0 Å². The van der Waals surface area contributed by atoms with Crippen LogP contribution in [0.5, 0.6) is 0 Å². The molecule has 1 aromatic heterocycles. The molecule has 0 aliphatic carbocycles. The minimum atomic E-state index is -0.444. The molecule has 0 aliphatic heterocycles. The molecule has 3 N–H and O–H groups in total. The highest BCUT2D eigenvalue weighted by atomic mass is 32.2. The number of aromatic nitrogens is 1. The molecule has 2 aromatic rings. The number of benzene rings is 1. The Bertz CT molecular complexity index is 914. The average Bonchev–Trinajstić information content (AvgIpc) is 3.13. The fraction of sp³-hybridized carbons (Fsp3) is 0.542. The van der Waals surface area contributed by atoms with E-state index in [2.05, 4.69) is 17.2 Å². The largest absolute Gasteiger partial charge is 0.460 e. The van der Waals surface area contributed by atoms with Crippen LogP contribution < -0.4 is 5.32 Å². The lowest BCUT2D eigenvalue weighted by atomic mass is 9.95. The highest BCUT2D eigenvalue weighted by Gasteiger charge is 2.19. The van der Waals surface area contributed by atoms with Crippen molar-refractivity contribution in [2.75, 3.05) is 12.8 Å². The minimum absolute atomic E-state index is 0.126. The predicted molar refractivity (Wildman–Crippen MR) is 129 cm³/mol. The number of aromatic amines is 1. The molecule has 0 saturated carbocycles. The van der Waals surface area contributed by atoms with Crippen molar-refractivity contribution < 1.29 is 14.3 Å². The summed E-state index contributed by atoms with van der Waals surface area (Å²) in [5.74, 6) is 0.0502. The van der Waals surface area contributed by atoms with Gasteiger partial charge in [-0.2, -0.15) is 0 Å². The summed E-state index contributed by atoms with van der Waals surface area (Å²) in [5.41, 5.74) is 1.82. The van der Waals surface area contributed by atoms with Gasteiger partial charge in [-0.15, -0.1) is 11.8 Å². The molecular weight excluding hydrogens is 410 g/mol. The average molecular weight is 446 g/mol. The topological polar surface area (TPSA) is 95.0 Å². The van der Waals surface area contributed by atoms with Gasteiger partial charge in [-0.25, -0.2) is 0 Å². The minimum Gasteiger partial charge on any atom is -0.460 e. The van der Waals surface area contributed by atoms with Crippen LogP contribution in [0.25, 0.3) is 10.9 Å². The van der Waals surface area contributed by atoms with E-state index in [0.717, 1.165) is 42.1 Å². The second-order valence-corrected chi connectivity index (χ2v) is 9.65. The van der Waals surface area contributed by atoms with Crippen LogP contribution in [0, 0.1) is 11.3 Å².